The average Bonchev–Trinajstić information content (AvgIpc) is 2.83. The summed E-state index contributed by atoms with van der Waals surface area (Å²) in [6.07, 6.45) is 5.85. The first kappa shape index (κ1) is 16.4. The zero-order valence-corrected chi connectivity index (χ0v) is 15.5. The van der Waals surface area contributed by atoms with E-state index in [1.54, 1.807) is 4.68 Å². The molecule has 0 saturated carbocycles. The topological polar surface area (TPSA) is 95.6 Å². The Hall–Kier alpha value is -2.05. The van der Waals surface area contributed by atoms with E-state index < -0.39 is 0 Å². The van der Waals surface area contributed by atoms with Crippen molar-refractivity contribution in [3.05, 3.63) is 33.6 Å². The number of nitrogen functional groups attached to an aromatic ring is 2. The molecular formula is C17H18Cl2N6. The maximum atomic E-state index is 6.29. The van der Waals surface area contributed by atoms with E-state index in [-0.39, 0.29) is 5.41 Å². The molecule has 0 unspecified atom stereocenters. The van der Waals surface area contributed by atoms with Crippen molar-refractivity contribution in [1.29, 1.82) is 0 Å². The number of aromatic nitrogens is 4. The SMILES string of the molecule is CC1(C)CCc2c(N)nc3c(c(N)nn3-c3c(Cl)cncc3Cl)c2C1. The van der Waals surface area contributed by atoms with Crippen LogP contribution >= 0.6 is 23.2 Å². The normalized spacial score (nSPS) is 16.2. The highest BCUT2D eigenvalue weighted by atomic mass is 35.5. The van der Waals surface area contributed by atoms with Crippen LogP contribution in [0.3, 0.4) is 0 Å². The number of nitrogens with zero attached hydrogens (tertiary/aromatic N) is 4. The highest BCUT2D eigenvalue weighted by Gasteiger charge is 2.31. The number of pyridine rings is 2. The molecule has 0 aliphatic heterocycles. The van der Waals surface area contributed by atoms with Crippen LogP contribution < -0.4 is 11.5 Å². The molecule has 4 rings (SSSR count). The van der Waals surface area contributed by atoms with E-state index >= 15 is 0 Å². The molecule has 4 N–H and O–H groups in total. The molecule has 0 bridgehead atoms. The van der Waals surface area contributed by atoms with E-state index in [1.165, 1.54) is 12.4 Å². The molecule has 130 valence electrons. The van der Waals surface area contributed by atoms with Gasteiger partial charge in [0.25, 0.3) is 0 Å². The van der Waals surface area contributed by atoms with Crippen molar-refractivity contribution in [1.82, 2.24) is 19.7 Å². The number of fused-ring (bicyclic) bond motifs is 3. The van der Waals surface area contributed by atoms with Gasteiger partial charge in [-0.2, -0.15) is 0 Å². The van der Waals surface area contributed by atoms with Crippen LogP contribution in [0.15, 0.2) is 12.4 Å². The van der Waals surface area contributed by atoms with E-state index in [4.69, 9.17) is 34.7 Å². The lowest BCUT2D eigenvalue weighted by atomic mass is 9.74. The van der Waals surface area contributed by atoms with Crippen molar-refractivity contribution in [3.8, 4) is 5.69 Å². The maximum absolute atomic E-state index is 6.29. The fourth-order valence-corrected chi connectivity index (χ4v) is 4.10. The molecule has 0 spiro atoms. The third-order valence-electron chi connectivity index (χ3n) is 4.84. The van der Waals surface area contributed by atoms with Crippen LogP contribution in [0.4, 0.5) is 11.6 Å². The van der Waals surface area contributed by atoms with E-state index in [1.807, 2.05) is 0 Å². The van der Waals surface area contributed by atoms with Gasteiger partial charge < -0.3 is 11.5 Å². The zero-order chi connectivity index (χ0) is 17.9. The summed E-state index contributed by atoms with van der Waals surface area (Å²) in [7, 11) is 0. The van der Waals surface area contributed by atoms with Crippen molar-refractivity contribution < 1.29 is 0 Å². The van der Waals surface area contributed by atoms with Crippen molar-refractivity contribution in [3.63, 3.8) is 0 Å². The van der Waals surface area contributed by atoms with Gasteiger partial charge in [-0.05, 0) is 35.8 Å². The quantitative estimate of drug-likeness (QED) is 0.673. The van der Waals surface area contributed by atoms with Gasteiger partial charge in [0.05, 0.1) is 15.4 Å². The second-order valence-corrected chi connectivity index (χ2v) is 8.06. The summed E-state index contributed by atoms with van der Waals surface area (Å²) in [4.78, 5) is 8.56. The molecule has 25 heavy (non-hydrogen) atoms. The summed E-state index contributed by atoms with van der Waals surface area (Å²) >= 11 is 12.6. The van der Waals surface area contributed by atoms with Crippen LogP contribution in [0.2, 0.25) is 10.0 Å². The second-order valence-electron chi connectivity index (χ2n) is 7.24. The van der Waals surface area contributed by atoms with E-state index in [0.29, 0.717) is 33.0 Å². The molecule has 0 atom stereocenters. The van der Waals surface area contributed by atoms with Crippen molar-refractivity contribution in [2.45, 2.75) is 33.1 Å². The summed E-state index contributed by atoms with van der Waals surface area (Å²) in [5.41, 5.74) is 16.0. The fraction of sp³-hybridized carbons (Fsp3) is 0.353. The minimum absolute atomic E-state index is 0.175. The van der Waals surface area contributed by atoms with Gasteiger partial charge in [-0.15, -0.1) is 5.10 Å². The van der Waals surface area contributed by atoms with Crippen LogP contribution in [0.25, 0.3) is 16.7 Å². The number of hydrogen-bond acceptors (Lipinski definition) is 5. The second kappa shape index (κ2) is 5.47. The van der Waals surface area contributed by atoms with Gasteiger partial charge in [0.15, 0.2) is 11.5 Å². The Bertz CT molecular complexity index is 988. The van der Waals surface area contributed by atoms with E-state index in [9.17, 15) is 0 Å². The molecule has 0 aromatic carbocycles. The Balaban J connectivity index is 2.07. The fourth-order valence-electron chi connectivity index (χ4n) is 3.57. The highest BCUT2D eigenvalue weighted by Crippen LogP contribution is 2.42. The number of halogens is 2. The Labute approximate surface area is 155 Å². The monoisotopic (exact) mass is 376 g/mol. The molecular weight excluding hydrogens is 359 g/mol. The zero-order valence-electron chi connectivity index (χ0n) is 14.0. The largest absolute Gasteiger partial charge is 0.383 e. The molecule has 8 heteroatoms. The smallest absolute Gasteiger partial charge is 0.167 e. The van der Waals surface area contributed by atoms with Crippen molar-refractivity contribution >= 4 is 45.9 Å². The van der Waals surface area contributed by atoms with Gasteiger partial charge in [-0.3, -0.25) is 4.98 Å². The molecule has 1 aliphatic rings. The van der Waals surface area contributed by atoms with Crippen LogP contribution in [-0.4, -0.2) is 19.7 Å². The summed E-state index contributed by atoms with van der Waals surface area (Å²) in [6.45, 7) is 4.49. The third-order valence-corrected chi connectivity index (χ3v) is 5.39. The predicted molar refractivity (Wildman–Crippen MR) is 101 cm³/mol. The van der Waals surface area contributed by atoms with Gasteiger partial charge in [-0.25, -0.2) is 9.67 Å². The van der Waals surface area contributed by atoms with Crippen LogP contribution in [0, 0.1) is 5.41 Å². The minimum atomic E-state index is 0.175. The lowest BCUT2D eigenvalue weighted by Crippen LogP contribution is -2.24. The van der Waals surface area contributed by atoms with Gasteiger partial charge in [0.2, 0.25) is 0 Å². The molecule has 0 amide bonds. The molecule has 0 saturated heterocycles. The van der Waals surface area contributed by atoms with Crippen molar-refractivity contribution in [2.75, 3.05) is 11.5 Å². The molecule has 3 aromatic heterocycles. The Morgan fingerprint density at radius 3 is 2.44 bits per heavy atom. The molecule has 3 heterocycles. The summed E-state index contributed by atoms with van der Waals surface area (Å²) in [5, 5.41) is 6.03. The Morgan fingerprint density at radius 2 is 1.76 bits per heavy atom. The van der Waals surface area contributed by atoms with Gasteiger partial charge in [0, 0.05) is 12.4 Å². The molecule has 3 aromatic rings. The highest BCUT2D eigenvalue weighted by molar-refractivity contribution is 6.37. The molecule has 6 nitrogen and oxygen atoms in total. The third kappa shape index (κ3) is 2.51. The summed E-state index contributed by atoms with van der Waals surface area (Å²) in [5.74, 6) is 0.917. The predicted octanol–water partition coefficient (Wildman–Crippen LogP) is 3.80. The number of hydrogen-bond donors (Lipinski definition) is 2. The first-order valence-electron chi connectivity index (χ1n) is 8.03. The van der Waals surface area contributed by atoms with Gasteiger partial charge in [0.1, 0.15) is 11.5 Å². The lowest BCUT2D eigenvalue weighted by molar-refractivity contribution is 0.317. The van der Waals surface area contributed by atoms with Crippen LogP contribution in [0.1, 0.15) is 31.4 Å². The summed E-state index contributed by atoms with van der Waals surface area (Å²) in [6, 6.07) is 0. The van der Waals surface area contributed by atoms with Crippen LogP contribution in [0.5, 0.6) is 0 Å². The number of anilines is 2. The standard InChI is InChI=1S/C17H18Cl2N6/c1-17(2)4-3-8-9(5-17)12-15(21)24-25(16(12)23-14(8)20)13-10(18)6-22-7-11(13)19/h6-7H,3-5H2,1-2H3,(H2,20,23)(H2,21,24). The molecule has 0 radical (unpaired) electrons. The van der Waals surface area contributed by atoms with Crippen LogP contribution in [-0.2, 0) is 12.8 Å². The lowest BCUT2D eigenvalue weighted by Gasteiger charge is -2.32. The van der Waals surface area contributed by atoms with Crippen molar-refractivity contribution in [2.24, 2.45) is 5.41 Å². The first-order chi connectivity index (χ1) is 11.8. The number of rotatable bonds is 1. The average molecular weight is 377 g/mol. The Kier molecular flexibility index (Phi) is 3.60. The van der Waals surface area contributed by atoms with Gasteiger partial charge >= 0.3 is 0 Å². The summed E-state index contributed by atoms with van der Waals surface area (Å²) < 4.78 is 1.56. The number of nitrogens with two attached hydrogens (primary N) is 2. The molecule has 0 fully saturated rings. The minimum Gasteiger partial charge on any atom is -0.383 e. The first-order valence-corrected chi connectivity index (χ1v) is 8.79. The molecule has 1 aliphatic carbocycles. The van der Waals surface area contributed by atoms with Gasteiger partial charge in [-0.1, -0.05) is 37.0 Å². The van der Waals surface area contributed by atoms with E-state index in [0.717, 1.165) is 35.8 Å². The Morgan fingerprint density at radius 1 is 1.08 bits per heavy atom. The maximum Gasteiger partial charge on any atom is 0.167 e. The van der Waals surface area contributed by atoms with E-state index in [2.05, 4.69) is 28.9 Å².